The molecule has 2 bridgehead atoms. The Balaban J connectivity index is 0.713. The van der Waals surface area contributed by atoms with Crippen molar-refractivity contribution in [2.24, 2.45) is 17.8 Å². The lowest BCUT2D eigenvalue weighted by Crippen LogP contribution is -2.42. The summed E-state index contributed by atoms with van der Waals surface area (Å²) in [4.78, 5) is 59.5. The second-order valence-corrected chi connectivity index (χ2v) is 17.8. The average molecular weight is 862 g/mol. The maximum atomic E-state index is 14.3. The number of amides is 3. The van der Waals surface area contributed by atoms with Crippen LogP contribution in [0, 0.1) is 36.7 Å². The maximum Gasteiger partial charge on any atom is 0.284 e. The van der Waals surface area contributed by atoms with E-state index in [1.807, 2.05) is 31.2 Å². The average Bonchev–Trinajstić information content (AvgIpc) is 4.10. The number of aromatic nitrogens is 7. The summed E-state index contributed by atoms with van der Waals surface area (Å²) < 4.78 is 39.5. The molecule has 3 amide bonds. The van der Waals surface area contributed by atoms with Crippen LogP contribution in [0.5, 0.6) is 0 Å². The Hall–Kier alpha value is -6.22. The van der Waals surface area contributed by atoms with Gasteiger partial charge >= 0.3 is 0 Å². The first-order chi connectivity index (χ1) is 30.6. The van der Waals surface area contributed by atoms with Crippen LogP contribution in [0.4, 0.5) is 20.3 Å². The summed E-state index contributed by atoms with van der Waals surface area (Å²) in [6, 6.07) is 7.10. The molecule has 7 heterocycles. The second kappa shape index (κ2) is 16.8. The maximum absolute atomic E-state index is 14.3. The number of anilines is 2. The first-order valence-electron chi connectivity index (χ1n) is 22.0. The monoisotopic (exact) mass is 861 g/mol. The summed E-state index contributed by atoms with van der Waals surface area (Å²) in [5.74, 6) is 3.41. The molecule has 5 aromatic rings. The first-order valence-corrected chi connectivity index (χ1v) is 22.0. The minimum Gasteiger partial charge on any atom is -0.442 e. The summed E-state index contributed by atoms with van der Waals surface area (Å²) >= 11 is 0. The lowest BCUT2D eigenvalue weighted by Gasteiger charge is -2.31. The lowest BCUT2D eigenvalue weighted by atomic mass is 9.86. The summed E-state index contributed by atoms with van der Waals surface area (Å²) in [6.07, 6.45) is 11.9. The third kappa shape index (κ3) is 8.03. The van der Waals surface area contributed by atoms with Gasteiger partial charge in [-0.25, -0.2) is 18.3 Å². The molecular formula is C45H49F2N11O5. The van der Waals surface area contributed by atoms with Crippen molar-refractivity contribution in [1.29, 1.82) is 0 Å². The van der Waals surface area contributed by atoms with Gasteiger partial charge in [0.2, 0.25) is 5.91 Å². The highest BCUT2D eigenvalue weighted by Gasteiger charge is 2.41. The van der Waals surface area contributed by atoms with E-state index in [9.17, 15) is 28.0 Å². The highest BCUT2D eigenvalue weighted by Crippen LogP contribution is 2.37. The molecule has 2 N–H and O–H groups in total. The largest absolute Gasteiger partial charge is 0.442 e. The molecule has 0 radical (unpaired) electrons. The Morgan fingerprint density at radius 2 is 1.81 bits per heavy atom. The van der Waals surface area contributed by atoms with E-state index in [0.717, 1.165) is 86.7 Å². The molecule has 5 fully saturated rings. The fourth-order valence-corrected chi connectivity index (χ4v) is 10.4. The molecule has 18 heteroatoms. The van der Waals surface area contributed by atoms with Gasteiger partial charge in [0, 0.05) is 75.2 Å². The minimum absolute atomic E-state index is 0.0000874. The molecule has 63 heavy (non-hydrogen) atoms. The van der Waals surface area contributed by atoms with Crippen LogP contribution in [0.2, 0.25) is 0 Å². The van der Waals surface area contributed by atoms with E-state index in [1.54, 1.807) is 15.6 Å². The Labute approximate surface area is 361 Å². The molecule has 16 nitrogen and oxygen atoms in total. The fourth-order valence-electron chi connectivity index (χ4n) is 10.4. The summed E-state index contributed by atoms with van der Waals surface area (Å²) in [5.41, 5.74) is 2.61. The zero-order chi connectivity index (χ0) is 43.4. The lowest BCUT2D eigenvalue weighted by molar-refractivity contribution is -0.136. The van der Waals surface area contributed by atoms with Gasteiger partial charge in [-0.05, 0) is 81.9 Å². The number of ketones is 1. The van der Waals surface area contributed by atoms with E-state index < -0.39 is 24.1 Å². The van der Waals surface area contributed by atoms with E-state index >= 15 is 0 Å². The van der Waals surface area contributed by atoms with Crippen LogP contribution in [-0.4, -0.2) is 101 Å². The molecule has 4 atom stereocenters. The van der Waals surface area contributed by atoms with Crippen molar-refractivity contribution in [3.8, 4) is 12.0 Å². The number of carbonyl (C=O) groups excluding carboxylic acids is 4. The standard InChI is InChI=1S/C45H49F2N11O5/c1-26-39-28(4-2-6-35(39)58(52-26)36-13-14-38(59)51-45(36)62)5-3-19-63-32-15-17-54(24-32)21-27-7-11-31(12-8-27)57-25-34(40(53-57)42(46)47)49-44(61)33-20-48-56-18-16-37(50-43(33)56)55-22-29-9-10-30(23-55)41(29)60/h2,4,6,16,18,20,25,27,29-32,36,42H,5,7-15,17,21-24H2,1H3,(H,49,61)(H,51,59,62)/t27?,29?,30?,31?,32-,36?/m0/s1. The number of halogens is 2. The quantitative estimate of drug-likeness (QED) is 0.140. The molecule has 0 spiro atoms. The van der Waals surface area contributed by atoms with Crippen LogP contribution in [-0.2, 0) is 25.5 Å². The normalized spacial score (nSPS) is 25.2. The molecule has 328 valence electrons. The SMILES string of the molecule is Cc1nn(C2CCC(=O)NC2=O)c2cccc(CC#CO[C@H]3CCN(CC4CCC(n5cc(NC(=O)c6cnn7ccc(N8CC9CCC(C8)C9=O)nc67)c(C(F)F)n5)CC4)C3)c12. The molecule has 3 unspecified atom stereocenters. The molecule has 2 saturated carbocycles. The number of hydrogen-bond donors (Lipinski definition) is 2. The number of aryl methyl sites for hydroxylation is 1. The molecular weight excluding hydrogens is 813 g/mol. The number of rotatable bonds is 10. The van der Waals surface area contributed by atoms with E-state index in [-0.39, 0.29) is 53.5 Å². The molecule has 3 saturated heterocycles. The van der Waals surface area contributed by atoms with Crippen molar-refractivity contribution < 1.29 is 32.7 Å². The van der Waals surface area contributed by atoms with Crippen molar-refractivity contribution >= 4 is 51.6 Å². The second-order valence-electron chi connectivity index (χ2n) is 17.8. The summed E-state index contributed by atoms with van der Waals surface area (Å²) in [5, 5.41) is 19.3. The van der Waals surface area contributed by atoms with E-state index in [2.05, 4.69) is 47.8 Å². The highest BCUT2D eigenvalue weighted by atomic mass is 19.3. The predicted octanol–water partition coefficient (Wildman–Crippen LogP) is 5.19. The number of nitrogens with zero attached hydrogens (tertiary/aromatic N) is 9. The van der Waals surface area contributed by atoms with Crippen molar-refractivity contribution in [2.75, 3.05) is 42.9 Å². The van der Waals surface area contributed by atoms with Gasteiger partial charge < -0.3 is 15.0 Å². The number of benzene rings is 1. The van der Waals surface area contributed by atoms with Gasteiger partial charge in [-0.2, -0.15) is 15.3 Å². The summed E-state index contributed by atoms with van der Waals surface area (Å²) in [7, 11) is 0. The van der Waals surface area contributed by atoms with Crippen LogP contribution in [0.3, 0.4) is 0 Å². The van der Waals surface area contributed by atoms with Gasteiger partial charge in [0.1, 0.15) is 35.4 Å². The van der Waals surface area contributed by atoms with Crippen LogP contribution in [0.1, 0.15) is 104 Å². The van der Waals surface area contributed by atoms with Crippen molar-refractivity contribution in [2.45, 2.75) is 95.7 Å². The number of hydrogen-bond acceptors (Lipinski definition) is 11. The van der Waals surface area contributed by atoms with Crippen molar-refractivity contribution in [1.82, 2.24) is 44.4 Å². The Morgan fingerprint density at radius 1 is 1.00 bits per heavy atom. The van der Waals surface area contributed by atoms with Crippen LogP contribution >= 0.6 is 0 Å². The van der Waals surface area contributed by atoms with E-state index in [4.69, 9.17) is 9.72 Å². The van der Waals surface area contributed by atoms with Crippen LogP contribution in [0.15, 0.2) is 42.9 Å². The van der Waals surface area contributed by atoms with Crippen LogP contribution in [0.25, 0.3) is 16.6 Å². The third-order valence-corrected chi connectivity index (χ3v) is 13.7. The molecule has 10 rings (SSSR count). The van der Waals surface area contributed by atoms with Gasteiger partial charge in [-0.1, -0.05) is 18.1 Å². The van der Waals surface area contributed by atoms with E-state index in [0.29, 0.717) is 49.1 Å². The number of likely N-dealkylation sites (tertiary alicyclic amines) is 1. The highest BCUT2D eigenvalue weighted by molar-refractivity contribution is 6.08. The minimum atomic E-state index is -2.88. The molecule has 2 aliphatic carbocycles. The van der Waals surface area contributed by atoms with Crippen molar-refractivity contribution in [3.63, 3.8) is 0 Å². The topological polar surface area (TPSA) is 174 Å². The molecule has 4 aromatic heterocycles. The van der Waals surface area contributed by atoms with Crippen molar-refractivity contribution in [3.05, 3.63) is 65.4 Å². The van der Waals surface area contributed by atoms with Gasteiger partial charge in [0.05, 0.1) is 29.1 Å². The number of piperidine rings is 2. The predicted molar refractivity (Wildman–Crippen MR) is 226 cm³/mol. The Bertz CT molecular complexity index is 2660. The number of alkyl halides is 2. The van der Waals surface area contributed by atoms with Crippen LogP contribution < -0.4 is 15.5 Å². The number of fused-ring (bicyclic) bond motifs is 4. The number of Topliss-reactive ketones (excluding diaryl/α,β-unsaturated/α-hetero) is 1. The fraction of sp³-hybridized carbons (Fsp3) is 0.511. The zero-order valence-corrected chi connectivity index (χ0v) is 35.0. The number of nitrogens with one attached hydrogen (secondary N) is 2. The first kappa shape index (κ1) is 40.8. The van der Waals surface area contributed by atoms with E-state index in [1.165, 1.54) is 16.9 Å². The number of ether oxygens (including phenoxy) is 1. The van der Waals surface area contributed by atoms with Gasteiger partial charge in [0.15, 0.2) is 11.3 Å². The number of imide groups is 1. The zero-order valence-electron chi connectivity index (χ0n) is 35.0. The van der Waals surface area contributed by atoms with Gasteiger partial charge in [0.25, 0.3) is 18.2 Å². The third-order valence-electron chi connectivity index (χ3n) is 13.7. The summed E-state index contributed by atoms with van der Waals surface area (Å²) in [6.45, 7) is 5.71. The molecule has 5 aliphatic rings. The van der Waals surface area contributed by atoms with Gasteiger partial charge in [-0.15, -0.1) is 0 Å². The Kier molecular flexibility index (Phi) is 10.9. The Morgan fingerprint density at radius 3 is 2.59 bits per heavy atom. The smallest absolute Gasteiger partial charge is 0.284 e. The van der Waals surface area contributed by atoms with Gasteiger partial charge in [-0.3, -0.25) is 38.8 Å². The number of carbonyl (C=O) groups is 4. The molecule has 1 aromatic carbocycles. The molecule has 3 aliphatic heterocycles.